The molecular weight excluding hydrogens is 419 g/mol. The minimum Gasteiger partial charge on any atom is -0.476 e. The fourth-order valence-electron chi connectivity index (χ4n) is 5.13. The highest BCUT2D eigenvalue weighted by Gasteiger charge is 2.42. The van der Waals surface area contributed by atoms with Crippen LogP contribution in [0.1, 0.15) is 54.0 Å². The molecule has 3 aliphatic rings. The van der Waals surface area contributed by atoms with E-state index in [1.165, 1.54) is 0 Å². The van der Waals surface area contributed by atoms with Crippen molar-refractivity contribution in [2.24, 2.45) is 4.99 Å². The minimum atomic E-state index is -4.87. The van der Waals surface area contributed by atoms with Crippen molar-refractivity contribution < 1.29 is 22.7 Å². The van der Waals surface area contributed by atoms with Crippen LogP contribution in [0.2, 0.25) is 0 Å². The van der Waals surface area contributed by atoms with Crippen molar-refractivity contribution in [3.05, 3.63) is 64.7 Å². The molecule has 3 heterocycles. The Morgan fingerprint density at radius 2 is 1.94 bits per heavy atom. The number of carbonyl (C=O) groups is 1. The number of aliphatic imine (C=N–C) groups is 1. The van der Waals surface area contributed by atoms with Gasteiger partial charge in [-0.25, -0.2) is 4.99 Å². The normalized spacial score (nSPS) is 24.4. The SMILES string of the molecule is C[C@@H]1c2ccccc2[C@H]2C[C@H](NC(=O)C(F)(F)F)CCN2c2ccc(C3=NCCO3)cc21. The van der Waals surface area contributed by atoms with Gasteiger partial charge >= 0.3 is 12.1 Å². The Hall–Kier alpha value is -3.03. The van der Waals surface area contributed by atoms with Crippen molar-refractivity contribution in [1.29, 1.82) is 0 Å². The first-order valence-corrected chi connectivity index (χ1v) is 10.9. The highest BCUT2D eigenvalue weighted by atomic mass is 19.4. The molecular formula is C24H24F3N3O2. The summed E-state index contributed by atoms with van der Waals surface area (Å²) in [5, 5.41) is 2.20. The van der Waals surface area contributed by atoms with Crippen molar-refractivity contribution in [1.82, 2.24) is 5.32 Å². The van der Waals surface area contributed by atoms with E-state index in [9.17, 15) is 18.0 Å². The predicted molar refractivity (Wildman–Crippen MR) is 115 cm³/mol. The van der Waals surface area contributed by atoms with E-state index in [-0.39, 0.29) is 12.0 Å². The van der Waals surface area contributed by atoms with Gasteiger partial charge in [-0.05, 0) is 47.7 Å². The Morgan fingerprint density at radius 1 is 1.16 bits per heavy atom. The Morgan fingerprint density at radius 3 is 2.66 bits per heavy atom. The van der Waals surface area contributed by atoms with E-state index in [2.05, 4.69) is 46.4 Å². The zero-order valence-electron chi connectivity index (χ0n) is 17.7. The second kappa shape index (κ2) is 7.83. The number of hydrogen-bond acceptors (Lipinski definition) is 4. The number of ether oxygens (including phenoxy) is 1. The predicted octanol–water partition coefficient (Wildman–Crippen LogP) is 4.32. The number of amides is 1. The van der Waals surface area contributed by atoms with E-state index in [1.807, 2.05) is 18.2 Å². The van der Waals surface area contributed by atoms with Gasteiger partial charge in [0.05, 0.1) is 12.6 Å². The molecule has 32 heavy (non-hydrogen) atoms. The van der Waals surface area contributed by atoms with E-state index in [0.717, 1.165) is 27.9 Å². The lowest BCUT2D eigenvalue weighted by Crippen LogP contribution is -2.49. The number of benzene rings is 2. The molecule has 1 saturated heterocycles. The van der Waals surface area contributed by atoms with Crippen LogP contribution in [-0.2, 0) is 9.53 Å². The van der Waals surface area contributed by atoms with E-state index >= 15 is 0 Å². The maximum absolute atomic E-state index is 12.8. The Balaban J connectivity index is 1.53. The summed E-state index contributed by atoms with van der Waals surface area (Å²) in [6.07, 6.45) is -4.00. The van der Waals surface area contributed by atoms with Gasteiger partial charge in [0.15, 0.2) is 0 Å². The van der Waals surface area contributed by atoms with Crippen LogP contribution in [0, 0.1) is 0 Å². The number of halogens is 3. The summed E-state index contributed by atoms with van der Waals surface area (Å²) in [5.41, 5.74) is 5.40. The molecule has 1 N–H and O–H groups in total. The molecule has 0 saturated carbocycles. The molecule has 5 rings (SSSR count). The Bertz CT molecular complexity index is 1080. The Kier molecular flexibility index (Phi) is 5.10. The molecule has 1 amide bonds. The monoisotopic (exact) mass is 443 g/mol. The van der Waals surface area contributed by atoms with E-state index in [4.69, 9.17) is 4.74 Å². The topological polar surface area (TPSA) is 53.9 Å². The van der Waals surface area contributed by atoms with Gasteiger partial charge in [0.25, 0.3) is 0 Å². The smallest absolute Gasteiger partial charge is 0.471 e. The summed E-state index contributed by atoms with van der Waals surface area (Å²) in [7, 11) is 0. The summed E-state index contributed by atoms with van der Waals surface area (Å²) < 4.78 is 44.1. The van der Waals surface area contributed by atoms with E-state index < -0.39 is 18.1 Å². The van der Waals surface area contributed by atoms with Gasteiger partial charge in [-0.15, -0.1) is 0 Å². The molecule has 8 heteroatoms. The van der Waals surface area contributed by atoms with Gasteiger partial charge < -0.3 is 15.0 Å². The number of piperidine rings is 1. The van der Waals surface area contributed by atoms with Crippen LogP contribution in [0.3, 0.4) is 0 Å². The molecule has 5 nitrogen and oxygen atoms in total. The number of fused-ring (bicyclic) bond motifs is 5. The lowest BCUT2D eigenvalue weighted by atomic mass is 9.86. The number of carbonyl (C=O) groups excluding carboxylic acids is 1. The molecule has 2 aromatic rings. The summed E-state index contributed by atoms with van der Waals surface area (Å²) in [6.45, 7) is 3.95. The zero-order valence-corrected chi connectivity index (χ0v) is 17.7. The molecule has 168 valence electrons. The maximum Gasteiger partial charge on any atom is 0.471 e. The molecule has 0 aromatic heterocycles. The van der Waals surface area contributed by atoms with Gasteiger partial charge in [-0.2, -0.15) is 13.2 Å². The number of rotatable bonds is 2. The maximum atomic E-state index is 12.8. The van der Waals surface area contributed by atoms with Gasteiger partial charge in [-0.1, -0.05) is 31.2 Å². The number of alkyl halides is 3. The van der Waals surface area contributed by atoms with E-state index in [1.54, 1.807) is 0 Å². The van der Waals surface area contributed by atoms with Gasteiger partial charge in [0, 0.05) is 29.8 Å². The van der Waals surface area contributed by atoms with Crippen molar-refractivity contribution in [3.63, 3.8) is 0 Å². The molecule has 0 spiro atoms. The zero-order chi connectivity index (χ0) is 22.5. The van der Waals surface area contributed by atoms with Crippen molar-refractivity contribution in [2.45, 2.75) is 43.9 Å². The first kappa shape index (κ1) is 20.8. The molecule has 0 unspecified atom stereocenters. The fourth-order valence-corrected chi connectivity index (χ4v) is 5.13. The summed E-state index contributed by atoms with van der Waals surface area (Å²) >= 11 is 0. The minimum absolute atomic E-state index is 0.0944. The molecule has 1 fully saturated rings. The van der Waals surface area contributed by atoms with Crippen molar-refractivity contribution in [3.8, 4) is 0 Å². The molecule has 0 bridgehead atoms. The van der Waals surface area contributed by atoms with Crippen LogP contribution >= 0.6 is 0 Å². The quantitative estimate of drug-likeness (QED) is 0.752. The molecule has 3 atom stereocenters. The summed E-state index contributed by atoms with van der Waals surface area (Å²) in [6, 6.07) is 13.6. The lowest BCUT2D eigenvalue weighted by Gasteiger charge is -2.41. The van der Waals surface area contributed by atoms with Gasteiger partial charge in [0.2, 0.25) is 5.90 Å². The Labute approximate surface area is 184 Å². The van der Waals surface area contributed by atoms with Gasteiger partial charge in [0.1, 0.15) is 6.61 Å². The largest absolute Gasteiger partial charge is 0.476 e. The second-order valence-electron chi connectivity index (χ2n) is 8.56. The van der Waals surface area contributed by atoms with E-state index in [0.29, 0.717) is 38.4 Å². The molecule has 3 aliphatic heterocycles. The standard InChI is InChI=1S/C24H24F3N3O2/c1-14-17-4-2-3-5-18(17)21-13-16(29-23(31)24(25,26)27)8-10-30(21)20-7-6-15(12-19(14)20)22-28-9-11-32-22/h2-7,12,14,16,21H,8-11,13H2,1H3,(H,29,31)/t14-,16-,21-/m1/s1. The number of nitrogens with one attached hydrogen (secondary N) is 1. The number of hydrogen-bond donors (Lipinski definition) is 1. The summed E-state index contributed by atoms with van der Waals surface area (Å²) in [4.78, 5) is 18.3. The molecule has 0 aliphatic carbocycles. The highest BCUT2D eigenvalue weighted by Crippen LogP contribution is 2.46. The third-order valence-electron chi connectivity index (χ3n) is 6.65. The van der Waals surface area contributed by atoms with Crippen molar-refractivity contribution >= 4 is 17.5 Å². The van der Waals surface area contributed by atoms with Crippen LogP contribution in [0.25, 0.3) is 0 Å². The first-order chi connectivity index (χ1) is 15.3. The third-order valence-corrected chi connectivity index (χ3v) is 6.65. The van der Waals surface area contributed by atoms with Crippen LogP contribution in [-0.4, -0.2) is 43.7 Å². The van der Waals surface area contributed by atoms with Gasteiger partial charge in [-0.3, -0.25) is 4.79 Å². The molecule has 2 aromatic carbocycles. The third kappa shape index (κ3) is 3.61. The van der Waals surface area contributed by atoms with Crippen molar-refractivity contribution in [2.75, 3.05) is 24.6 Å². The highest BCUT2D eigenvalue weighted by molar-refractivity contribution is 5.95. The van der Waals surface area contributed by atoms with Crippen LogP contribution in [0.4, 0.5) is 18.9 Å². The van der Waals surface area contributed by atoms with Crippen LogP contribution < -0.4 is 10.2 Å². The second-order valence-corrected chi connectivity index (χ2v) is 8.56. The fraction of sp³-hybridized carbons (Fsp3) is 0.417. The molecule has 0 radical (unpaired) electrons. The number of nitrogens with zero attached hydrogens (tertiary/aromatic N) is 2. The first-order valence-electron chi connectivity index (χ1n) is 10.9. The van der Waals surface area contributed by atoms with Crippen LogP contribution in [0.5, 0.6) is 0 Å². The number of anilines is 1. The van der Waals surface area contributed by atoms with Crippen LogP contribution in [0.15, 0.2) is 47.5 Å². The average Bonchev–Trinajstić information content (AvgIpc) is 3.30. The average molecular weight is 443 g/mol. The lowest BCUT2D eigenvalue weighted by molar-refractivity contribution is -0.174. The summed E-state index contributed by atoms with van der Waals surface area (Å²) in [5.74, 6) is -1.12.